The molecule has 0 bridgehead atoms. The topological polar surface area (TPSA) is 73.2 Å². The highest BCUT2D eigenvalue weighted by molar-refractivity contribution is 5.93. The van der Waals surface area contributed by atoms with Crippen LogP contribution in [-0.2, 0) is 9.53 Å². The number of nitrogens with one attached hydrogen (secondary N) is 1. The van der Waals surface area contributed by atoms with Gasteiger partial charge in [0, 0.05) is 6.54 Å². The second-order valence-electron chi connectivity index (χ2n) is 6.40. The Labute approximate surface area is 148 Å². The molecule has 6 heteroatoms. The van der Waals surface area contributed by atoms with Crippen LogP contribution in [0.1, 0.15) is 42.0 Å². The molecule has 0 radical (unpaired) electrons. The van der Waals surface area contributed by atoms with Gasteiger partial charge in [-0.25, -0.2) is 9.48 Å². The number of aromatic nitrogens is 2. The van der Waals surface area contributed by atoms with Gasteiger partial charge in [-0.05, 0) is 38.3 Å². The Morgan fingerprint density at radius 1 is 1.20 bits per heavy atom. The van der Waals surface area contributed by atoms with Crippen LogP contribution in [0.15, 0.2) is 30.3 Å². The van der Waals surface area contributed by atoms with Crippen LogP contribution in [0.3, 0.4) is 0 Å². The number of aryl methyl sites for hydroxylation is 1. The first-order valence-corrected chi connectivity index (χ1v) is 8.45. The molecule has 0 aliphatic rings. The van der Waals surface area contributed by atoms with Gasteiger partial charge in [0.15, 0.2) is 6.61 Å². The Balaban J connectivity index is 2.00. The van der Waals surface area contributed by atoms with Crippen molar-refractivity contribution in [1.29, 1.82) is 0 Å². The minimum Gasteiger partial charge on any atom is -0.452 e. The quantitative estimate of drug-likeness (QED) is 0.785. The lowest BCUT2D eigenvalue weighted by Crippen LogP contribution is -2.30. The summed E-state index contributed by atoms with van der Waals surface area (Å²) in [5.41, 5.74) is 2.54. The van der Waals surface area contributed by atoms with Crippen molar-refractivity contribution in [3.05, 3.63) is 47.3 Å². The number of esters is 1. The molecule has 25 heavy (non-hydrogen) atoms. The van der Waals surface area contributed by atoms with Gasteiger partial charge in [-0.2, -0.15) is 5.10 Å². The number of rotatable bonds is 7. The zero-order valence-electron chi connectivity index (χ0n) is 15.2. The van der Waals surface area contributed by atoms with E-state index in [0.717, 1.165) is 12.1 Å². The highest BCUT2D eigenvalue weighted by Gasteiger charge is 2.21. The predicted octanol–water partition coefficient (Wildman–Crippen LogP) is 2.81. The first kappa shape index (κ1) is 18.7. The number of amides is 1. The molecule has 0 atom stereocenters. The molecule has 0 spiro atoms. The maximum Gasteiger partial charge on any atom is 0.342 e. The lowest BCUT2D eigenvalue weighted by Gasteiger charge is -2.08. The molecule has 2 aromatic rings. The number of carbonyl (C=O) groups excluding carboxylic acids is 2. The molecule has 0 unspecified atom stereocenters. The number of hydrogen-bond acceptors (Lipinski definition) is 4. The molecular formula is C19H25N3O3. The van der Waals surface area contributed by atoms with Gasteiger partial charge in [0.2, 0.25) is 0 Å². The van der Waals surface area contributed by atoms with Crippen molar-refractivity contribution < 1.29 is 14.3 Å². The summed E-state index contributed by atoms with van der Waals surface area (Å²) in [7, 11) is 0. The summed E-state index contributed by atoms with van der Waals surface area (Å²) in [6.07, 6.45) is 0.891. The second-order valence-corrected chi connectivity index (χ2v) is 6.40. The minimum absolute atomic E-state index is 0.285. The molecule has 1 aromatic carbocycles. The van der Waals surface area contributed by atoms with Crippen molar-refractivity contribution in [2.75, 3.05) is 13.2 Å². The Morgan fingerprint density at radius 2 is 1.88 bits per heavy atom. The van der Waals surface area contributed by atoms with Crippen molar-refractivity contribution in [1.82, 2.24) is 15.1 Å². The van der Waals surface area contributed by atoms with Crippen LogP contribution in [0.25, 0.3) is 5.69 Å². The molecule has 1 aromatic heterocycles. The molecule has 1 heterocycles. The van der Waals surface area contributed by atoms with E-state index in [9.17, 15) is 9.59 Å². The lowest BCUT2D eigenvalue weighted by molar-refractivity contribution is -0.124. The Bertz CT molecular complexity index is 736. The van der Waals surface area contributed by atoms with Crippen LogP contribution in [0.4, 0.5) is 0 Å². The smallest absolute Gasteiger partial charge is 0.342 e. The molecule has 0 aliphatic heterocycles. The van der Waals surface area contributed by atoms with Gasteiger partial charge in [-0.3, -0.25) is 4.79 Å². The summed E-state index contributed by atoms with van der Waals surface area (Å²) in [5.74, 6) is -0.312. The van der Waals surface area contributed by atoms with Gasteiger partial charge < -0.3 is 10.1 Å². The maximum absolute atomic E-state index is 12.4. The first-order valence-electron chi connectivity index (χ1n) is 8.45. The molecule has 134 valence electrons. The Morgan fingerprint density at radius 3 is 2.52 bits per heavy atom. The number of carbonyl (C=O) groups is 2. The summed E-state index contributed by atoms with van der Waals surface area (Å²) in [5, 5.41) is 7.16. The van der Waals surface area contributed by atoms with Crippen LogP contribution in [0.2, 0.25) is 0 Å². The van der Waals surface area contributed by atoms with E-state index in [0.29, 0.717) is 29.4 Å². The molecule has 1 N–H and O–H groups in total. The van der Waals surface area contributed by atoms with Gasteiger partial charge in [0.05, 0.1) is 17.1 Å². The standard InChI is InChI=1S/C19H25N3O3/c1-13(2)10-11-20-17(23)12-25-19(24)18-14(3)21-22(15(18)4)16-8-6-5-7-9-16/h5-9,13H,10-12H2,1-4H3,(H,20,23). The average molecular weight is 343 g/mol. The molecular weight excluding hydrogens is 318 g/mol. The third-order valence-corrected chi connectivity index (χ3v) is 3.87. The molecule has 0 saturated heterocycles. The first-order chi connectivity index (χ1) is 11.9. The zero-order chi connectivity index (χ0) is 18.4. The molecule has 0 fully saturated rings. The number of para-hydroxylation sites is 1. The fraction of sp³-hybridized carbons (Fsp3) is 0.421. The number of nitrogens with zero attached hydrogens (tertiary/aromatic N) is 2. The van der Waals surface area contributed by atoms with E-state index in [1.165, 1.54) is 0 Å². The SMILES string of the molecule is Cc1nn(-c2ccccc2)c(C)c1C(=O)OCC(=O)NCCC(C)C. The zero-order valence-corrected chi connectivity index (χ0v) is 15.2. The average Bonchev–Trinajstić information content (AvgIpc) is 2.88. The van der Waals surface area contributed by atoms with Crippen LogP contribution in [-0.4, -0.2) is 34.8 Å². The third kappa shape index (κ3) is 4.92. The fourth-order valence-corrected chi connectivity index (χ4v) is 2.51. The summed E-state index contributed by atoms with van der Waals surface area (Å²) >= 11 is 0. The van der Waals surface area contributed by atoms with Crippen molar-refractivity contribution in [2.45, 2.75) is 34.1 Å². The fourth-order valence-electron chi connectivity index (χ4n) is 2.51. The molecule has 0 saturated carbocycles. The molecule has 1 amide bonds. The van der Waals surface area contributed by atoms with E-state index < -0.39 is 5.97 Å². The van der Waals surface area contributed by atoms with Gasteiger partial charge in [-0.15, -0.1) is 0 Å². The van der Waals surface area contributed by atoms with Crippen molar-refractivity contribution >= 4 is 11.9 Å². The van der Waals surface area contributed by atoms with E-state index in [2.05, 4.69) is 24.3 Å². The van der Waals surface area contributed by atoms with Crippen molar-refractivity contribution in [3.63, 3.8) is 0 Å². The highest BCUT2D eigenvalue weighted by Crippen LogP contribution is 2.18. The van der Waals surface area contributed by atoms with E-state index in [1.54, 1.807) is 11.6 Å². The summed E-state index contributed by atoms with van der Waals surface area (Å²) in [4.78, 5) is 24.1. The van der Waals surface area contributed by atoms with Crippen LogP contribution < -0.4 is 5.32 Å². The van der Waals surface area contributed by atoms with Crippen LogP contribution in [0, 0.1) is 19.8 Å². The third-order valence-electron chi connectivity index (χ3n) is 3.87. The summed E-state index contributed by atoms with van der Waals surface area (Å²) in [6, 6.07) is 9.56. The number of ether oxygens (including phenoxy) is 1. The Hall–Kier alpha value is -2.63. The van der Waals surface area contributed by atoms with Crippen LogP contribution >= 0.6 is 0 Å². The summed E-state index contributed by atoms with van der Waals surface area (Å²) < 4.78 is 6.86. The van der Waals surface area contributed by atoms with E-state index >= 15 is 0 Å². The van der Waals surface area contributed by atoms with Gasteiger partial charge in [0.25, 0.3) is 5.91 Å². The number of benzene rings is 1. The number of hydrogen-bond donors (Lipinski definition) is 1. The van der Waals surface area contributed by atoms with E-state index in [1.807, 2.05) is 37.3 Å². The largest absolute Gasteiger partial charge is 0.452 e. The molecule has 0 aliphatic carbocycles. The Kier molecular flexibility index (Phi) is 6.33. The maximum atomic E-state index is 12.4. The summed E-state index contributed by atoms with van der Waals surface area (Å²) in [6.45, 7) is 8.03. The monoisotopic (exact) mass is 343 g/mol. The van der Waals surface area contributed by atoms with Crippen LogP contribution in [0.5, 0.6) is 0 Å². The van der Waals surface area contributed by atoms with Crippen molar-refractivity contribution in [2.24, 2.45) is 5.92 Å². The molecule has 2 rings (SSSR count). The van der Waals surface area contributed by atoms with Gasteiger partial charge >= 0.3 is 5.97 Å². The lowest BCUT2D eigenvalue weighted by atomic mass is 10.1. The van der Waals surface area contributed by atoms with Crippen molar-refractivity contribution in [3.8, 4) is 5.69 Å². The normalized spacial score (nSPS) is 10.8. The van der Waals surface area contributed by atoms with Gasteiger partial charge in [-0.1, -0.05) is 32.0 Å². The van der Waals surface area contributed by atoms with E-state index in [-0.39, 0.29) is 12.5 Å². The van der Waals surface area contributed by atoms with Gasteiger partial charge in [0.1, 0.15) is 5.56 Å². The highest BCUT2D eigenvalue weighted by atomic mass is 16.5. The predicted molar refractivity (Wildman–Crippen MR) is 95.8 cm³/mol. The minimum atomic E-state index is -0.531. The second kappa shape index (κ2) is 8.46. The van der Waals surface area contributed by atoms with E-state index in [4.69, 9.17) is 4.74 Å². The molecule has 6 nitrogen and oxygen atoms in total.